The highest BCUT2D eigenvalue weighted by molar-refractivity contribution is 5.95. The number of unbranched alkanes of at least 4 members (excludes halogenated alkanes) is 1. The van der Waals surface area contributed by atoms with Gasteiger partial charge in [-0.1, -0.05) is 40.0 Å². The molecule has 2 atom stereocenters. The lowest BCUT2D eigenvalue weighted by Crippen LogP contribution is -2.21. The molecule has 0 rings (SSSR count). The van der Waals surface area contributed by atoms with Gasteiger partial charge >= 0.3 is 5.97 Å². The van der Waals surface area contributed by atoms with E-state index in [-0.39, 0.29) is 18.1 Å². The largest absolute Gasteiger partial charge is 0.481 e. The molecule has 0 aromatic rings. The van der Waals surface area contributed by atoms with Crippen molar-refractivity contribution in [2.24, 2.45) is 11.8 Å². The molecule has 0 aliphatic heterocycles. The van der Waals surface area contributed by atoms with Gasteiger partial charge in [-0.3, -0.25) is 9.59 Å². The summed E-state index contributed by atoms with van der Waals surface area (Å²) >= 11 is 0. The first-order valence-electron chi connectivity index (χ1n) is 5.23. The summed E-state index contributed by atoms with van der Waals surface area (Å²) in [6, 6.07) is 0. The Hall–Kier alpha value is -0.860. The summed E-state index contributed by atoms with van der Waals surface area (Å²) in [5, 5.41) is 8.47. The van der Waals surface area contributed by atoms with Crippen LogP contribution in [0.4, 0.5) is 0 Å². The second-order valence-corrected chi connectivity index (χ2v) is 3.95. The summed E-state index contributed by atoms with van der Waals surface area (Å²) in [6.45, 7) is 5.95. The summed E-state index contributed by atoms with van der Waals surface area (Å²) in [5.74, 6) is -1.01. The first-order chi connectivity index (χ1) is 6.49. The lowest BCUT2D eigenvalue weighted by molar-refractivity contribution is -0.141. The van der Waals surface area contributed by atoms with Gasteiger partial charge in [0, 0.05) is 5.92 Å². The molecule has 0 amide bonds. The maximum absolute atomic E-state index is 11.4. The van der Waals surface area contributed by atoms with Gasteiger partial charge in [0.2, 0.25) is 0 Å². The van der Waals surface area contributed by atoms with Crippen molar-refractivity contribution in [1.82, 2.24) is 0 Å². The van der Waals surface area contributed by atoms with Crippen molar-refractivity contribution in [2.45, 2.75) is 46.5 Å². The maximum Gasteiger partial charge on any atom is 0.310 e. The van der Waals surface area contributed by atoms with Crippen LogP contribution < -0.4 is 0 Å². The van der Waals surface area contributed by atoms with E-state index in [1.54, 1.807) is 0 Å². The zero-order valence-electron chi connectivity index (χ0n) is 9.25. The Balaban J connectivity index is 3.96. The molecule has 3 nitrogen and oxygen atoms in total. The maximum atomic E-state index is 11.4. The van der Waals surface area contributed by atoms with Gasteiger partial charge in [-0.05, 0) is 5.92 Å². The molecule has 0 spiro atoms. The molecule has 0 bridgehead atoms. The predicted molar refractivity (Wildman–Crippen MR) is 55.1 cm³/mol. The monoisotopic (exact) mass is 200 g/mol. The van der Waals surface area contributed by atoms with Gasteiger partial charge in [0.15, 0.2) is 0 Å². The van der Waals surface area contributed by atoms with E-state index in [2.05, 4.69) is 6.92 Å². The van der Waals surface area contributed by atoms with Crippen LogP contribution >= 0.6 is 0 Å². The third kappa shape index (κ3) is 5.00. The third-order valence-corrected chi connectivity index (χ3v) is 2.70. The summed E-state index contributed by atoms with van der Waals surface area (Å²) in [7, 11) is 0. The van der Waals surface area contributed by atoms with Crippen LogP contribution in [-0.4, -0.2) is 16.9 Å². The van der Waals surface area contributed by atoms with E-state index in [1.165, 1.54) is 0 Å². The van der Waals surface area contributed by atoms with Crippen LogP contribution in [0.3, 0.4) is 0 Å². The van der Waals surface area contributed by atoms with E-state index in [4.69, 9.17) is 5.11 Å². The Morgan fingerprint density at radius 3 is 2.29 bits per heavy atom. The van der Waals surface area contributed by atoms with Gasteiger partial charge in [0.25, 0.3) is 0 Å². The van der Waals surface area contributed by atoms with Gasteiger partial charge in [0.1, 0.15) is 12.2 Å². The highest BCUT2D eigenvalue weighted by Crippen LogP contribution is 2.19. The van der Waals surface area contributed by atoms with Crippen LogP contribution in [0.1, 0.15) is 46.5 Å². The minimum atomic E-state index is -1.02. The molecule has 14 heavy (non-hydrogen) atoms. The van der Waals surface area contributed by atoms with Crippen molar-refractivity contribution in [3.05, 3.63) is 0 Å². The Morgan fingerprint density at radius 1 is 1.29 bits per heavy atom. The molecule has 0 saturated heterocycles. The summed E-state index contributed by atoms with van der Waals surface area (Å²) < 4.78 is 0. The van der Waals surface area contributed by atoms with E-state index in [0.717, 1.165) is 19.3 Å². The Bertz CT molecular complexity index is 199. The average molecular weight is 200 g/mol. The quantitative estimate of drug-likeness (QED) is 0.642. The standard InChI is InChI=1S/C11H20O3/c1-4-5-6-8(2)9(3)10(12)7-11(13)14/h8-9H,4-7H2,1-3H3,(H,13,14). The number of hydrogen-bond acceptors (Lipinski definition) is 2. The Labute approximate surface area is 85.5 Å². The molecular weight excluding hydrogens is 180 g/mol. The number of rotatable bonds is 7. The molecule has 0 aromatic carbocycles. The van der Waals surface area contributed by atoms with Gasteiger partial charge in [0.05, 0.1) is 0 Å². The predicted octanol–water partition coefficient (Wildman–Crippen LogP) is 2.49. The fourth-order valence-corrected chi connectivity index (χ4v) is 1.40. The lowest BCUT2D eigenvalue weighted by Gasteiger charge is -2.17. The zero-order valence-corrected chi connectivity index (χ0v) is 9.25. The van der Waals surface area contributed by atoms with Crippen molar-refractivity contribution >= 4 is 11.8 Å². The fourth-order valence-electron chi connectivity index (χ4n) is 1.40. The van der Waals surface area contributed by atoms with Crippen LogP contribution in [0.5, 0.6) is 0 Å². The van der Waals surface area contributed by atoms with Crippen LogP contribution in [0.15, 0.2) is 0 Å². The van der Waals surface area contributed by atoms with E-state index >= 15 is 0 Å². The SMILES string of the molecule is CCCCC(C)C(C)C(=O)CC(=O)O. The number of aliphatic carboxylic acids is 1. The molecule has 0 heterocycles. The molecule has 3 heteroatoms. The van der Waals surface area contributed by atoms with Crippen molar-refractivity contribution < 1.29 is 14.7 Å². The minimum Gasteiger partial charge on any atom is -0.481 e. The highest BCUT2D eigenvalue weighted by atomic mass is 16.4. The Kier molecular flexibility index (Phi) is 6.17. The van der Waals surface area contributed by atoms with E-state index in [1.807, 2.05) is 13.8 Å². The summed E-state index contributed by atoms with van der Waals surface area (Å²) in [4.78, 5) is 21.7. The van der Waals surface area contributed by atoms with Crippen molar-refractivity contribution in [3.8, 4) is 0 Å². The molecular formula is C11H20O3. The number of carboxylic acid groups (broad SMARTS) is 1. The minimum absolute atomic E-state index is 0.127. The summed E-state index contributed by atoms with van der Waals surface area (Å²) in [6.07, 6.45) is 2.89. The molecule has 0 radical (unpaired) electrons. The molecule has 0 saturated carbocycles. The van der Waals surface area contributed by atoms with Gasteiger partial charge in [-0.2, -0.15) is 0 Å². The van der Waals surface area contributed by atoms with Crippen molar-refractivity contribution in [1.29, 1.82) is 0 Å². The number of carbonyl (C=O) groups is 2. The van der Waals surface area contributed by atoms with Crippen LogP contribution in [0.2, 0.25) is 0 Å². The highest BCUT2D eigenvalue weighted by Gasteiger charge is 2.21. The van der Waals surface area contributed by atoms with Crippen molar-refractivity contribution in [3.63, 3.8) is 0 Å². The second-order valence-electron chi connectivity index (χ2n) is 3.95. The number of hydrogen-bond donors (Lipinski definition) is 1. The van der Waals surface area contributed by atoms with Gasteiger partial charge in [-0.25, -0.2) is 0 Å². The first-order valence-corrected chi connectivity index (χ1v) is 5.23. The molecule has 0 aliphatic rings. The topological polar surface area (TPSA) is 54.4 Å². The van der Waals surface area contributed by atoms with Crippen LogP contribution in [-0.2, 0) is 9.59 Å². The number of ketones is 1. The van der Waals surface area contributed by atoms with Crippen LogP contribution in [0.25, 0.3) is 0 Å². The fraction of sp³-hybridized carbons (Fsp3) is 0.818. The van der Waals surface area contributed by atoms with E-state index in [0.29, 0.717) is 5.92 Å². The lowest BCUT2D eigenvalue weighted by atomic mass is 9.87. The van der Waals surface area contributed by atoms with Crippen LogP contribution in [0, 0.1) is 11.8 Å². The third-order valence-electron chi connectivity index (χ3n) is 2.70. The second kappa shape index (κ2) is 6.57. The molecule has 1 N–H and O–H groups in total. The molecule has 0 aromatic heterocycles. The molecule has 82 valence electrons. The number of carboxylic acids is 1. The van der Waals surface area contributed by atoms with Gasteiger partial charge in [-0.15, -0.1) is 0 Å². The molecule has 0 aliphatic carbocycles. The number of Topliss-reactive ketones (excluding diaryl/α,β-unsaturated/α-hetero) is 1. The summed E-state index contributed by atoms with van der Waals surface area (Å²) in [5.41, 5.74) is 0. The van der Waals surface area contributed by atoms with E-state index < -0.39 is 5.97 Å². The number of carbonyl (C=O) groups excluding carboxylic acids is 1. The van der Waals surface area contributed by atoms with E-state index in [9.17, 15) is 9.59 Å². The van der Waals surface area contributed by atoms with Gasteiger partial charge < -0.3 is 5.11 Å². The molecule has 0 fully saturated rings. The normalized spacial score (nSPS) is 14.8. The zero-order chi connectivity index (χ0) is 11.1. The Morgan fingerprint density at radius 2 is 1.86 bits per heavy atom. The van der Waals surface area contributed by atoms with Crippen molar-refractivity contribution in [2.75, 3.05) is 0 Å². The molecule has 2 unspecified atom stereocenters. The average Bonchev–Trinajstić information content (AvgIpc) is 2.11. The smallest absolute Gasteiger partial charge is 0.310 e. The first kappa shape index (κ1) is 13.1.